The summed E-state index contributed by atoms with van der Waals surface area (Å²) in [5.41, 5.74) is 0. The molecule has 0 saturated carbocycles. The molecule has 0 unspecified atom stereocenters. The molecule has 1 rings (SSSR count). The SMILES string of the molecule is O=C1NCC[C@H](O)[C@H]1Cl. The normalized spacial score (nSPS) is 36.0. The zero-order valence-corrected chi connectivity index (χ0v) is 5.56. The number of aliphatic hydroxyl groups is 1. The minimum absolute atomic E-state index is 0.268. The van der Waals surface area contributed by atoms with Crippen LogP contribution in [0.15, 0.2) is 0 Å². The van der Waals surface area contributed by atoms with E-state index in [9.17, 15) is 4.79 Å². The molecule has 2 atom stereocenters. The fourth-order valence-corrected chi connectivity index (χ4v) is 0.965. The van der Waals surface area contributed by atoms with Crippen LogP contribution in [0.4, 0.5) is 0 Å². The van der Waals surface area contributed by atoms with Crippen LogP contribution in [0.25, 0.3) is 0 Å². The highest BCUT2D eigenvalue weighted by Gasteiger charge is 2.27. The van der Waals surface area contributed by atoms with E-state index >= 15 is 0 Å². The van der Waals surface area contributed by atoms with Gasteiger partial charge in [0.05, 0.1) is 6.10 Å². The average Bonchev–Trinajstić information content (AvgIpc) is 1.83. The number of carbonyl (C=O) groups is 1. The maximum atomic E-state index is 10.6. The summed E-state index contributed by atoms with van der Waals surface area (Å²) in [7, 11) is 0. The topological polar surface area (TPSA) is 49.3 Å². The van der Waals surface area contributed by atoms with Gasteiger partial charge < -0.3 is 10.4 Å². The molecule has 2 N–H and O–H groups in total. The van der Waals surface area contributed by atoms with Gasteiger partial charge in [-0.3, -0.25) is 4.79 Å². The molecule has 1 saturated heterocycles. The Balaban J connectivity index is 2.51. The largest absolute Gasteiger partial charge is 0.391 e. The maximum absolute atomic E-state index is 10.6. The molecule has 1 aliphatic heterocycles. The first-order valence-corrected chi connectivity index (χ1v) is 3.25. The Morgan fingerprint density at radius 3 is 2.89 bits per heavy atom. The van der Waals surface area contributed by atoms with Crippen molar-refractivity contribution in [1.29, 1.82) is 0 Å². The molecule has 1 aliphatic rings. The minimum Gasteiger partial charge on any atom is -0.391 e. The van der Waals surface area contributed by atoms with Crippen LogP contribution in [-0.4, -0.2) is 29.0 Å². The second kappa shape index (κ2) is 2.54. The van der Waals surface area contributed by atoms with Gasteiger partial charge in [-0.15, -0.1) is 11.6 Å². The molecule has 1 heterocycles. The fraction of sp³-hybridized carbons (Fsp3) is 0.800. The Hall–Kier alpha value is -0.280. The monoisotopic (exact) mass is 149 g/mol. The summed E-state index contributed by atoms with van der Waals surface area (Å²) in [6.45, 7) is 0.531. The molecule has 0 aromatic heterocycles. The zero-order valence-electron chi connectivity index (χ0n) is 4.80. The molecular weight excluding hydrogens is 142 g/mol. The lowest BCUT2D eigenvalue weighted by atomic mass is 10.1. The number of hydrogen-bond donors (Lipinski definition) is 2. The number of carbonyl (C=O) groups excluding carboxylic acids is 1. The molecule has 0 radical (unpaired) electrons. The van der Waals surface area contributed by atoms with Crippen molar-refractivity contribution >= 4 is 17.5 Å². The van der Waals surface area contributed by atoms with Crippen molar-refractivity contribution < 1.29 is 9.90 Å². The molecule has 0 aromatic rings. The van der Waals surface area contributed by atoms with Gasteiger partial charge in [-0.1, -0.05) is 0 Å². The summed E-state index contributed by atoms with van der Waals surface area (Å²) in [5, 5.41) is 10.7. The summed E-state index contributed by atoms with van der Waals surface area (Å²) in [4.78, 5) is 10.6. The van der Waals surface area contributed by atoms with Crippen LogP contribution in [0.1, 0.15) is 6.42 Å². The molecule has 1 fully saturated rings. The molecule has 0 aromatic carbocycles. The summed E-state index contributed by atoms with van der Waals surface area (Å²) in [6.07, 6.45) is -0.111. The van der Waals surface area contributed by atoms with E-state index in [2.05, 4.69) is 5.32 Å². The number of amides is 1. The van der Waals surface area contributed by atoms with Crippen LogP contribution in [0.5, 0.6) is 0 Å². The smallest absolute Gasteiger partial charge is 0.240 e. The highest BCUT2D eigenvalue weighted by molar-refractivity contribution is 6.31. The van der Waals surface area contributed by atoms with Crippen molar-refractivity contribution in [3.63, 3.8) is 0 Å². The Labute approximate surface area is 58.0 Å². The molecule has 0 bridgehead atoms. The number of piperidine rings is 1. The minimum atomic E-state index is -0.751. The van der Waals surface area contributed by atoms with E-state index in [1.807, 2.05) is 0 Å². The Morgan fingerprint density at radius 1 is 1.78 bits per heavy atom. The van der Waals surface area contributed by atoms with Gasteiger partial charge in [0.15, 0.2) is 0 Å². The molecule has 52 valence electrons. The highest BCUT2D eigenvalue weighted by atomic mass is 35.5. The van der Waals surface area contributed by atoms with E-state index in [1.54, 1.807) is 0 Å². The van der Waals surface area contributed by atoms with Gasteiger partial charge >= 0.3 is 0 Å². The van der Waals surface area contributed by atoms with Crippen molar-refractivity contribution in [3.8, 4) is 0 Å². The highest BCUT2D eigenvalue weighted by Crippen LogP contribution is 2.09. The Morgan fingerprint density at radius 2 is 2.44 bits per heavy atom. The third-order valence-electron chi connectivity index (χ3n) is 1.33. The molecule has 9 heavy (non-hydrogen) atoms. The lowest BCUT2D eigenvalue weighted by Crippen LogP contribution is -2.45. The first-order valence-electron chi connectivity index (χ1n) is 2.81. The number of nitrogens with one attached hydrogen (secondary N) is 1. The molecule has 4 heteroatoms. The second-order valence-electron chi connectivity index (χ2n) is 2.05. The lowest BCUT2D eigenvalue weighted by molar-refractivity contribution is -0.124. The van der Waals surface area contributed by atoms with E-state index in [1.165, 1.54) is 0 Å². The molecule has 3 nitrogen and oxygen atoms in total. The standard InChI is InChI=1S/C5H8ClNO2/c6-4-3(8)1-2-7-5(4)9/h3-4,8H,1-2H2,(H,7,9)/t3-,4+/m0/s1. The second-order valence-corrected chi connectivity index (χ2v) is 2.52. The van der Waals surface area contributed by atoms with Gasteiger partial charge in [0.1, 0.15) is 5.38 Å². The van der Waals surface area contributed by atoms with Crippen LogP contribution in [0.3, 0.4) is 0 Å². The van der Waals surface area contributed by atoms with Gasteiger partial charge in [-0.2, -0.15) is 0 Å². The van der Waals surface area contributed by atoms with Crippen molar-refractivity contribution in [2.45, 2.75) is 17.9 Å². The quantitative estimate of drug-likeness (QED) is 0.455. The molecular formula is C5H8ClNO2. The third kappa shape index (κ3) is 1.34. The summed E-state index contributed by atoms with van der Waals surface area (Å²) >= 11 is 5.46. The number of rotatable bonds is 0. The first-order chi connectivity index (χ1) is 4.22. The maximum Gasteiger partial charge on any atom is 0.240 e. The van der Waals surface area contributed by atoms with Crippen LogP contribution >= 0.6 is 11.6 Å². The number of alkyl halides is 1. The van der Waals surface area contributed by atoms with Gasteiger partial charge in [0.25, 0.3) is 0 Å². The van der Waals surface area contributed by atoms with Gasteiger partial charge in [-0.05, 0) is 6.42 Å². The predicted molar refractivity (Wildman–Crippen MR) is 33.3 cm³/mol. The number of halogens is 1. The van der Waals surface area contributed by atoms with Gasteiger partial charge in [0, 0.05) is 6.54 Å². The third-order valence-corrected chi connectivity index (χ3v) is 1.82. The number of hydrogen-bond acceptors (Lipinski definition) is 2. The molecule has 0 aliphatic carbocycles. The molecule has 1 amide bonds. The fourth-order valence-electron chi connectivity index (χ4n) is 0.762. The van der Waals surface area contributed by atoms with Crippen LogP contribution < -0.4 is 5.32 Å². The van der Waals surface area contributed by atoms with Crippen molar-refractivity contribution in [2.24, 2.45) is 0 Å². The van der Waals surface area contributed by atoms with E-state index in [-0.39, 0.29) is 5.91 Å². The molecule has 0 spiro atoms. The van der Waals surface area contributed by atoms with Crippen molar-refractivity contribution in [3.05, 3.63) is 0 Å². The lowest BCUT2D eigenvalue weighted by Gasteiger charge is -2.21. The van der Waals surface area contributed by atoms with E-state index < -0.39 is 11.5 Å². The van der Waals surface area contributed by atoms with Crippen LogP contribution in [0.2, 0.25) is 0 Å². The van der Waals surface area contributed by atoms with Crippen LogP contribution in [-0.2, 0) is 4.79 Å². The summed E-state index contributed by atoms with van der Waals surface area (Å²) < 4.78 is 0. The summed E-state index contributed by atoms with van der Waals surface area (Å²) in [6, 6.07) is 0. The Kier molecular flexibility index (Phi) is 1.93. The van der Waals surface area contributed by atoms with Crippen LogP contribution in [0, 0.1) is 0 Å². The first kappa shape index (κ1) is 6.83. The van der Waals surface area contributed by atoms with Crippen molar-refractivity contribution in [2.75, 3.05) is 6.54 Å². The average molecular weight is 150 g/mol. The number of aliphatic hydroxyl groups excluding tert-OH is 1. The van der Waals surface area contributed by atoms with E-state index in [0.717, 1.165) is 0 Å². The Bertz CT molecular complexity index is 128. The van der Waals surface area contributed by atoms with E-state index in [0.29, 0.717) is 13.0 Å². The zero-order chi connectivity index (χ0) is 6.85. The summed E-state index contributed by atoms with van der Waals surface area (Å²) in [5.74, 6) is -0.268. The van der Waals surface area contributed by atoms with Gasteiger partial charge in [-0.25, -0.2) is 0 Å². The van der Waals surface area contributed by atoms with Gasteiger partial charge in [0.2, 0.25) is 5.91 Å². The van der Waals surface area contributed by atoms with E-state index in [4.69, 9.17) is 16.7 Å². The van der Waals surface area contributed by atoms with Crippen molar-refractivity contribution in [1.82, 2.24) is 5.32 Å². The predicted octanol–water partition coefficient (Wildman–Crippen LogP) is -0.525.